The van der Waals surface area contributed by atoms with Crippen LogP contribution in [0.5, 0.6) is 0 Å². The minimum absolute atomic E-state index is 0.0765. The van der Waals surface area contributed by atoms with Crippen molar-refractivity contribution in [3.05, 3.63) is 106 Å². The molecule has 0 radical (unpaired) electrons. The Morgan fingerprint density at radius 1 is 0.920 bits per heavy atom. The molecule has 0 bridgehead atoms. The maximum absolute atomic E-state index is 13.2. The smallest absolute Gasteiger partial charge is 0.475 e. The minimum Gasteiger partial charge on any atom is -0.475 e. The lowest BCUT2D eigenvalue weighted by Gasteiger charge is -2.21. The highest BCUT2D eigenvalue weighted by Gasteiger charge is 2.38. The Morgan fingerprint density at radius 3 is 2.18 bits per heavy atom. The third-order valence-corrected chi connectivity index (χ3v) is 7.26. The summed E-state index contributed by atoms with van der Waals surface area (Å²) in [6.07, 6.45) is -6.29. The zero-order chi connectivity index (χ0) is 37.0. The van der Waals surface area contributed by atoms with Crippen LogP contribution in [-0.4, -0.2) is 69.1 Å². The number of ether oxygens (including phenoxy) is 1. The maximum atomic E-state index is 13.2. The fourth-order valence-electron chi connectivity index (χ4n) is 4.28. The number of alkyl halides is 3. The summed E-state index contributed by atoms with van der Waals surface area (Å²) in [4.78, 5) is 47.1. The number of aliphatic hydroxyl groups is 1. The average molecular weight is 738 g/mol. The number of amides is 2. The van der Waals surface area contributed by atoms with Crippen LogP contribution in [0.4, 0.5) is 19.0 Å². The molecule has 2 atom stereocenters. The molecule has 1 aromatic heterocycles. The Morgan fingerprint density at radius 2 is 1.58 bits per heavy atom. The number of hydrogen-bond donors (Lipinski definition) is 5. The molecule has 266 valence electrons. The topological polar surface area (TPSA) is 171 Å². The van der Waals surface area contributed by atoms with E-state index in [2.05, 4.69) is 20.8 Å². The fourth-order valence-corrected chi connectivity index (χ4v) is 4.70. The molecule has 0 aliphatic heterocycles. The lowest BCUT2D eigenvalue weighted by Crippen LogP contribution is -2.41. The van der Waals surface area contributed by atoms with Crippen LogP contribution < -0.4 is 10.6 Å². The number of benzene rings is 3. The molecule has 0 fully saturated rings. The predicted molar refractivity (Wildman–Crippen MR) is 180 cm³/mol. The van der Waals surface area contributed by atoms with E-state index in [4.69, 9.17) is 37.8 Å². The molecule has 2 amide bonds. The number of carbonyl (C=O) groups excluding carboxylic acids is 3. The number of carboxylic acids is 1. The molecular weight excluding hydrogens is 704 g/mol. The monoisotopic (exact) mass is 736 g/mol. The summed E-state index contributed by atoms with van der Waals surface area (Å²) >= 11 is 12.2. The summed E-state index contributed by atoms with van der Waals surface area (Å²) in [6.45, 7) is 3.96. The van der Waals surface area contributed by atoms with Gasteiger partial charge in [0, 0.05) is 23.6 Å². The number of carbonyl (C=O) groups is 4. The molecule has 0 saturated carbocycles. The second kappa shape index (κ2) is 18.2. The lowest BCUT2D eigenvalue weighted by atomic mass is 9.97. The zero-order valence-corrected chi connectivity index (χ0v) is 28.1. The van der Waals surface area contributed by atoms with Gasteiger partial charge in [-0.1, -0.05) is 85.6 Å². The molecule has 0 spiro atoms. The van der Waals surface area contributed by atoms with E-state index in [1.807, 2.05) is 56.3 Å². The van der Waals surface area contributed by atoms with Crippen molar-refractivity contribution in [1.29, 1.82) is 0 Å². The normalized spacial score (nSPS) is 12.3. The van der Waals surface area contributed by atoms with Crippen molar-refractivity contribution in [3.8, 4) is 11.1 Å². The van der Waals surface area contributed by atoms with Crippen LogP contribution in [0.2, 0.25) is 10.0 Å². The van der Waals surface area contributed by atoms with E-state index in [1.165, 1.54) is 6.07 Å². The third-order valence-electron chi connectivity index (χ3n) is 6.69. The summed E-state index contributed by atoms with van der Waals surface area (Å²) in [5.41, 5.74) is 3.14. The van der Waals surface area contributed by atoms with E-state index in [1.54, 1.807) is 30.3 Å². The zero-order valence-electron chi connectivity index (χ0n) is 26.6. The van der Waals surface area contributed by atoms with Crippen molar-refractivity contribution in [2.75, 3.05) is 11.9 Å². The van der Waals surface area contributed by atoms with Gasteiger partial charge in [0.05, 0.1) is 17.2 Å². The van der Waals surface area contributed by atoms with Crippen molar-refractivity contribution in [3.63, 3.8) is 0 Å². The van der Waals surface area contributed by atoms with Gasteiger partial charge in [0.1, 0.15) is 5.69 Å². The van der Waals surface area contributed by atoms with Crippen LogP contribution in [0.3, 0.4) is 0 Å². The molecule has 0 aliphatic carbocycles. The van der Waals surface area contributed by atoms with Crippen LogP contribution in [0.15, 0.2) is 78.9 Å². The molecule has 50 heavy (non-hydrogen) atoms. The highest BCUT2D eigenvalue weighted by molar-refractivity contribution is 6.34. The fraction of sp³-hybridized carbons (Fsp3) is 0.265. The Hall–Kier alpha value is -4.92. The number of H-pyrrole nitrogens is 1. The standard InChI is InChI=1S/C32H32Cl2N4O5.C2HF3O2/c1-19(2)18-43-32(42)28(39)16-24(14-20-10-12-21(13-11-20)22-6-5-7-23(33)15-22)35-31(41)27-17-29(38-37-27)36-30(40)25-8-3-4-9-26(25)34;3-2(4,5)1(6)7/h3-13,15,17,19,24,28,39H,14,16,18H2,1-2H3,(H,35,41)(H2,36,37,38,40);(H,6,7)/t24-,28-;/m1./s1. The first-order chi connectivity index (χ1) is 23.5. The molecule has 3 aromatic carbocycles. The largest absolute Gasteiger partial charge is 0.490 e. The number of halogens is 5. The molecule has 0 aliphatic rings. The summed E-state index contributed by atoms with van der Waals surface area (Å²) in [5.74, 6) is -4.29. The predicted octanol–water partition coefficient (Wildman–Crippen LogP) is 6.56. The molecule has 1 heterocycles. The molecule has 0 unspecified atom stereocenters. The number of aromatic nitrogens is 2. The Balaban J connectivity index is 0.000000872. The van der Waals surface area contributed by atoms with Gasteiger partial charge in [0.2, 0.25) is 0 Å². The second-order valence-electron chi connectivity index (χ2n) is 11.3. The number of nitrogens with zero attached hydrogens (tertiary/aromatic N) is 1. The van der Waals surface area contributed by atoms with Crippen LogP contribution in [0, 0.1) is 5.92 Å². The number of rotatable bonds is 12. The molecule has 0 saturated heterocycles. The molecular formula is C34H33Cl2F3N4O7. The highest BCUT2D eigenvalue weighted by Crippen LogP contribution is 2.24. The van der Waals surface area contributed by atoms with Crippen molar-refractivity contribution >= 4 is 52.8 Å². The third kappa shape index (κ3) is 12.5. The Bertz CT molecular complexity index is 1780. The average Bonchev–Trinajstić information content (AvgIpc) is 3.52. The molecule has 5 N–H and O–H groups in total. The first-order valence-electron chi connectivity index (χ1n) is 14.9. The minimum atomic E-state index is -5.08. The molecule has 4 rings (SSSR count). The highest BCUT2D eigenvalue weighted by atomic mass is 35.5. The van der Waals surface area contributed by atoms with E-state index < -0.39 is 42.1 Å². The van der Waals surface area contributed by atoms with Gasteiger partial charge in [-0.2, -0.15) is 18.3 Å². The number of nitrogens with one attached hydrogen (secondary N) is 3. The van der Waals surface area contributed by atoms with E-state index >= 15 is 0 Å². The SMILES string of the molecule is CC(C)COC(=O)[C@H](O)C[C@@H](Cc1ccc(-c2cccc(Cl)c2)cc1)NC(=O)c1cc(NC(=O)c2ccccc2Cl)n[nH]1.O=C(O)C(F)(F)F. The lowest BCUT2D eigenvalue weighted by molar-refractivity contribution is -0.192. The van der Waals surface area contributed by atoms with Gasteiger partial charge in [-0.15, -0.1) is 0 Å². The number of esters is 1. The van der Waals surface area contributed by atoms with Crippen molar-refractivity contribution in [2.24, 2.45) is 5.92 Å². The van der Waals surface area contributed by atoms with Crippen LogP contribution >= 0.6 is 23.2 Å². The van der Waals surface area contributed by atoms with Gasteiger partial charge in [0.25, 0.3) is 11.8 Å². The molecule has 11 nitrogen and oxygen atoms in total. The van der Waals surface area contributed by atoms with Crippen molar-refractivity contribution in [2.45, 2.75) is 45.0 Å². The Labute approximate surface area is 294 Å². The van der Waals surface area contributed by atoms with Gasteiger partial charge >= 0.3 is 18.1 Å². The molecule has 16 heteroatoms. The van der Waals surface area contributed by atoms with Gasteiger partial charge < -0.3 is 25.6 Å². The first kappa shape index (κ1) is 39.5. The summed E-state index contributed by atoms with van der Waals surface area (Å²) in [7, 11) is 0. The van der Waals surface area contributed by atoms with E-state index in [0.29, 0.717) is 11.4 Å². The quantitative estimate of drug-likeness (QED) is 0.102. The van der Waals surface area contributed by atoms with Crippen LogP contribution in [0.25, 0.3) is 11.1 Å². The second-order valence-corrected chi connectivity index (χ2v) is 12.1. The first-order valence-corrected chi connectivity index (χ1v) is 15.7. The number of hydrogen-bond acceptors (Lipinski definition) is 7. The van der Waals surface area contributed by atoms with Gasteiger partial charge in [-0.05, 0) is 53.3 Å². The van der Waals surface area contributed by atoms with Crippen LogP contribution in [0.1, 0.15) is 46.7 Å². The number of carboxylic acid groups (broad SMARTS) is 1. The van der Waals surface area contributed by atoms with Crippen molar-refractivity contribution < 1.29 is 47.3 Å². The van der Waals surface area contributed by atoms with Gasteiger partial charge in [0.15, 0.2) is 11.9 Å². The van der Waals surface area contributed by atoms with Crippen molar-refractivity contribution in [1.82, 2.24) is 15.5 Å². The number of anilines is 1. The van der Waals surface area contributed by atoms with E-state index in [9.17, 15) is 32.7 Å². The summed E-state index contributed by atoms with van der Waals surface area (Å²) in [5, 5.41) is 30.7. The number of aliphatic carboxylic acids is 1. The number of aromatic amines is 1. The summed E-state index contributed by atoms with van der Waals surface area (Å²) < 4.78 is 36.9. The van der Waals surface area contributed by atoms with E-state index in [0.717, 1.165) is 16.7 Å². The Kier molecular flexibility index (Phi) is 14.4. The molecule has 4 aromatic rings. The van der Waals surface area contributed by atoms with E-state index in [-0.39, 0.29) is 41.0 Å². The van der Waals surface area contributed by atoms with Crippen LogP contribution in [-0.2, 0) is 20.7 Å². The van der Waals surface area contributed by atoms with Gasteiger partial charge in [-0.25, -0.2) is 9.59 Å². The summed E-state index contributed by atoms with van der Waals surface area (Å²) in [6, 6.07) is 22.5. The van der Waals surface area contributed by atoms with Gasteiger partial charge in [-0.3, -0.25) is 14.7 Å². The number of aliphatic hydroxyl groups excluding tert-OH is 1. The maximum Gasteiger partial charge on any atom is 0.490 e.